The lowest BCUT2D eigenvalue weighted by atomic mass is 9.71. The van der Waals surface area contributed by atoms with Gasteiger partial charge in [-0.05, 0) is 158 Å². The molecule has 0 aromatic heterocycles. The third kappa shape index (κ3) is 15.4. The van der Waals surface area contributed by atoms with E-state index in [0.717, 1.165) is 25.7 Å². The quantitative estimate of drug-likeness (QED) is 0.0984. The molecule has 0 aliphatic heterocycles. The van der Waals surface area contributed by atoms with Crippen molar-refractivity contribution in [2.75, 3.05) is 4.90 Å². The molecule has 0 spiro atoms. The highest BCUT2D eigenvalue weighted by Gasteiger charge is 2.43. The molecular weight excluding hydrogens is 855 g/mol. The fourth-order valence-corrected chi connectivity index (χ4v) is 9.24. The normalized spacial score (nSPS) is 12.5. The van der Waals surface area contributed by atoms with Crippen molar-refractivity contribution in [2.24, 2.45) is 0 Å². The van der Waals surface area contributed by atoms with E-state index in [4.69, 9.17) is 0 Å². The van der Waals surface area contributed by atoms with Gasteiger partial charge in [0.05, 0.1) is 5.69 Å². The van der Waals surface area contributed by atoms with Gasteiger partial charge >= 0.3 is 0 Å². The van der Waals surface area contributed by atoms with Gasteiger partial charge in [0.15, 0.2) is 0 Å². The van der Waals surface area contributed by atoms with Crippen LogP contribution in [0.3, 0.4) is 0 Å². The highest BCUT2D eigenvalue weighted by Crippen LogP contribution is 2.58. The van der Waals surface area contributed by atoms with E-state index in [1.807, 2.05) is 53.7 Å². The van der Waals surface area contributed by atoms with E-state index in [0.29, 0.717) is 0 Å². The summed E-state index contributed by atoms with van der Waals surface area (Å²) in [5, 5.41) is 2.62. The number of aryl methyl sites for hydroxylation is 2. The van der Waals surface area contributed by atoms with Crippen LogP contribution in [0.5, 0.6) is 0 Å². The first-order valence-corrected chi connectivity index (χ1v) is 27.1. The molecule has 0 amide bonds. The molecule has 1 aliphatic rings. The number of anilines is 3. The average molecular weight is 949 g/mol. The standard InChI is InChI=1S/C45H47N.C15H18.C4H10.3C2H6/c1-7-26-45(27-8-2)41-30-35(29-34(6)33(5)28-32(4)9-3)24-25-40(41)44-39-23-17-16-22-38(39)43(31-42(44)45)46(36-18-12-10-13-19-36)37-20-14-11-15-21-37;1-6-12(4)14(7-2)15-10-11(3)8-9-13(15)5;1-3-4-2;3*1-2/h9-25,28-31H,7-8,26-27H2,1-6H3;6-10H,1-2H2,3-5H3;3-4H2,1-2H3;3*1-2H3/b32-9+,33-28-,34-29-;14-12+;;;;. The van der Waals surface area contributed by atoms with Gasteiger partial charge in [0.2, 0.25) is 0 Å². The van der Waals surface area contributed by atoms with Crippen molar-refractivity contribution >= 4 is 39.5 Å². The molecule has 0 radical (unpaired) electrons. The number of allylic oxidation sites excluding steroid dienone is 9. The molecule has 0 fully saturated rings. The summed E-state index contributed by atoms with van der Waals surface area (Å²) in [6.07, 6.45) is 17.8. The number of fused-ring (bicyclic) bond motifs is 5. The number of nitrogens with zero attached hydrogens (tertiary/aromatic N) is 1. The van der Waals surface area contributed by atoms with Gasteiger partial charge in [-0.1, -0.05) is 247 Å². The van der Waals surface area contributed by atoms with Gasteiger partial charge in [-0.25, -0.2) is 0 Å². The van der Waals surface area contributed by atoms with Crippen LogP contribution in [0.1, 0.15) is 176 Å². The first kappa shape index (κ1) is 60.9. The SMILES string of the molecule is C/C=C(C)/C=C(C)\C(C)=C/c1ccc2c(c1)C(CCC)(CCC)c1cc(N(c3ccccc3)c3ccccc3)c3ccccc3c1-2.C=C/C(C)=C(\C=C)c1cc(C)ccc1C.CC.CC.CC.CCCC. The van der Waals surface area contributed by atoms with Crippen molar-refractivity contribution < 1.29 is 0 Å². The minimum atomic E-state index is -0.0455. The third-order valence-electron chi connectivity index (χ3n) is 13.0. The van der Waals surface area contributed by atoms with Crippen molar-refractivity contribution in [1.82, 2.24) is 0 Å². The molecule has 0 unspecified atom stereocenters. The van der Waals surface area contributed by atoms with Crippen LogP contribution in [0.4, 0.5) is 17.1 Å². The molecule has 0 saturated carbocycles. The fraction of sp³-hybridized carbons (Fsp3) is 0.343. The van der Waals surface area contributed by atoms with Crippen molar-refractivity contribution in [2.45, 2.75) is 162 Å². The minimum absolute atomic E-state index is 0.0455. The lowest BCUT2D eigenvalue weighted by molar-refractivity contribution is 0.436. The predicted octanol–water partition coefficient (Wildman–Crippen LogP) is 22.8. The molecule has 0 heterocycles. The van der Waals surface area contributed by atoms with Gasteiger partial charge < -0.3 is 4.90 Å². The molecular formula is C70H93N. The van der Waals surface area contributed by atoms with Gasteiger partial charge in [-0.3, -0.25) is 0 Å². The Morgan fingerprint density at radius 1 is 0.563 bits per heavy atom. The Hall–Kier alpha value is -6.18. The zero-order chi connectivity index (χ0) is 53.1. The Bertz CT molecular complexity index is 2630. The number of hydrogen-bond donors (Lipinski definition) is 0. The molecule has 6 aromatic rings. The highest BCUT2D eigenvalue weighted by atomic mass is 15.1. The van der Waals surface area contributed by atoms with Crippen molar-refractivity contribution in [3.63, 3.8) is 0 Å². The van der Waals surface area contributed by atoms with E-state index in [9.17, 15) is 0 Å². The molecule has 1 heteroatoms. The lowest BCUT2D eigenvalue weighted by Crippen LogP contribution is -2.25. The Kier molecular flexibility index (Phi) is 27.4. The van der Waals surface area contributed by atoms with Crippen LogP contribution < -0.4 is 4.90 Å². The second-order valence-corrected chi connectivity index (χ2v) is 17.8. The summed E-state index contributed by atoms with van der Waals surface area (Å²) in [7, 11) is 0. The van der Waals surface area contributed by atoms with E-state index in [1.54, 1.807) is 0 Å². The van der Waals surface area contributed by atoms with Gasteiger partial charge in [0.25, 0.3) is 0 Å². The summed E-state index contributed by atoms with van der Waals surface area (Å²) < 4.78 is 0. The molecule has 1 aliphatic carbocycles. The van der Waals surface area contributed by atoms with E-state index in [1.165, 1.54) is 113 Å². The second-order valence-electron chi connectivity index (χ2n) is 17.8. The number of unbranched alkanes of at least 4 members (excludes halogenated alkanes) is 1. The van der Waals surface area contributed by atoms with Crippen LogP contribution in [0.25, 0.3) is 33.5 Å². The average Bonchev–Trinajstić information content (AvgIpc) is 3.68. The van der Waals surface area contributed by atoms with Crippen LogP contribution in [-0.2, 0) is 5.41 Å². The van der Waals surface area contributed by atoms with Crippen LogP contribution in [0.15, 0.2) is 187 Å². The predicted molar refractivity (Wildman–Crippen MR) is 325 cm³/mol. The smallest absolute Gasteiger partial charge is 0.0543 e. The van der Waals surface area contributed by atoms with Gasteiger partial charge in [-0.2, -0.15) is 0 Å². The summed E-state index contributed by atoms with van der Waals surface area (Å²) in [5.41, 5.74) is 20.7. The highest BCUT2D eigenvalue weighted by molar-refractivity contribution is 6.10. The maximum atomic E-state index is 3.87. The third-order valence-corrected chi connectivity index (χ3v) is 13.0. The molecule has 0 saturated heterocycles. The molecule has 0 bridgehead atoms. The fourth-order valence-electron chi connectivity index (χ4n) is 9.24. The zero-order valence-electron chi connectivity index (χ0n) is 47.6. The largest absolute Gasteiger partial charge is 0.310 e. The molecule has 7 rings (SSSR count). The summed E-state index contributed by atoms with van der Waals surface area (Å²) in [4.78, 5) is 2.45. The van der Waals surface area contributed by atoms with Crippen LogP contribution >= 0.6 is 0 Å². The first-order valence-electron chi connectivity index (χ1n) is 27.1. The monoisotopic (exact) mass is 948 g/mol. The number of benzene rings is 6. The summed E-state index contributed by atoms with van der Waals surface area (Å²) in [5.74, 6) is 0. The van der Waals surface area contributed by atoms with Crippen molar-refractivity contribution in [3.05, 3.63) is 221 Å². The molecule has 71 heavy (non-hydrogen) atoms. The molecule has 0 N–H and O–H groups in total. The van der Waals surface area contributed by atoms with Gasteiger partial charge in [0.1, 0.15) is 0 Å². The van der Waals surface area contributed by atoms with Gasteiger partial charge in [0, 0.05) is 22.2 Å². The Morgan fingerprint density at radius 2 is 1.10 bits per heavy atom. The molecule has 6 aromatic carbocycles. The maximum Gasteiger partial charge on any atom is 0.0543 e. The second kappa shape index (κ2) is 31.9. The minimum Gasteiger partial charge on any atom is -0.310 e. The lowest BCUT2D eigenvalue weighted by Gasteiger charge is -2.34. The topological polar surface area (TPSA) is 3.24 Å². The summed E-state index contributed by atoms with van der Waals surface area (Å²) in [6.45, 7) is 43.8. The maximum absolute atomic E-state index is 3.87. The van der Waals surface area contributed by atoms with Gasteiger partial charge in [-0.15, -0.1) is 0 Å². The number of para-hydroxylation sites is 2. The van der Waals surface area contributed by atoms with Crippen LogP contribution in [0.2, 0.25) is 0 Å². The van der Waals surface area contributed by atoms with E-state index in [-0.39, 0.29) is 5.41 Å². The van der Waals surface area contributed by atoms with Crippen molar-refractivity contribution in [3.8, 4) is 11.1 Å². The van der Waals surface area contributed by atoms with Crippen LogP contribution in [-0.4, -0.2) is 0 Å². The zero-order valence-corrected chi connectivity index (χ0v) is 47.6. The molecule has 378 valence electrons. The number of rotatable bonds is 14. The van der Waals surface area contributed by atoms with Crippen molar-refractivity contribution in [1.29, 1.82) is 0 Å². The Labute approximate surface area is 435 Å². The van der Waals surface area contributed by atoms with E-state index in [2.05, 4.69) is 240 Å². The first-order chi connectivity index (χ1) is 34.4. The van der Waals surface area contributed by atoms with Crippen LogP contribution in [0, 0.1) is 13.8 Å². The van der Waals surface area contributed by atoms with E-state index >= 15 is 0 Å². The molecule has 0 atom stereocenters. The number of hydrogen-bond acceptors (Lipinski definition) is 1. The Balaban J connectivity index is 0.000000575. The summed E-state index contributed by atoms with van der Waals surface area (Å²) in [6, 6.07) is 47.0. The summed E-state index contributed by atoms with van der Waals surface area (Å²) >= 11 is 0. The Morgan fingerprint density at radius 3 is 1.59 bits per heavy atom. The van der Waals surface area contributed by atoms with E-state index < -0.39 is 0 Å². The molecule has 1 nitrogen and oxygen atoms in total.